The van der Waals surface area contributed by atoms with Crippen LogP contribution in [0.4, 0.5) is 0 Å². The zero-order valence-corrected chi connectivity index (χ0v) is 8.67. The zero-order valence-electron chi connectivity index (χ0n) is 8.67. The van der Waals surface area contributed by atoms with Crippen LogP contribution in [0.3, 0.4) is 0 Å². The highest BCUT2D eigenvalue weighted by atomic mass is 16.5. The summed E-state index contributed by atoms with van der Waals surface area (Å²) >= 11 is 0. The van der Waals surface area contributed by atoms with Crippen molar-refractivity contribution >= 4 is 7.12 Å². The van der Waals surface area contributed by atoms with Crippen LogP contribution in [0.5, 0.6) is 0 Å². The van der Waals surface area contributed by atoms with Gasteiger partial charge in [0.25, 0.3) is 0 Å². The minimum atomic E-state index is -1.46. The van der Waals surface area contributed by atoms with Crippen molar-refractivity contribution < 1.29 is 14.8 Å². The SMILES string of the molecule is C=C/C(=C\C=C\N1CCOCC1)B(O)O. The van der Waals surface area contributed by atoms with Gasteiger partial charge < -0.3 is 19.7 Å². The number of hydrogen-bond donors (Lipinski definition) is 2. The molecule has 1 heterocycles. The van der Waals surface area contributed by atoms with E-state index in [0.29, 0.717) is 5.47 Å². The molecule has 0 spiro atoms. The maximum absolute atomic E-state index is 8.90. The lowest BCUT2D eigenvalue weighted by Gasteiger charge is -2.24. The van der Waals surface area contributed by atoms with Crippen LogP contribution in [0.25, 0.3) is 0 Å². The smallest absolute Gasteiger partial charge is 0.423 e. The Morgan fingerprint density at radius 1 is 1.33 bits per heavy atom. The fourth-order valence-electron chi connectivity index (χ4n) is 1.26. The Labute approximate surface area is 90.3 Å². The number of nitrogens with zero attached hydrogens (tertiary/aromatic N) is 1. The Morgan fingerprint density at radius 2 is 2.00 bits per heavy atom. The van der Waals surface area contributed by atoms with Crippen LogP contribution in [0.2, 0.25) is 0 Å². The summed E-state index contributed by atoms with van der Waals surface area (Å²) in [6.45, 7) is 6.72. The molecule has 1 fully saturated rings. The zero-order chi connectivity index (χ0) is 11.1. The highest BCUT2D eigenvalue weighted by Crippen LogP contribution is 2.00. The Kier molecular flexibility index (Phi) is 5.17. The lowest BCUT2D eigenvalue weighted by Crippen LogP contribution is -2.31. The first kappa shape index (κ1) is 12.0. The molecule has 0 saturated carbocycles. The summed E-state index contributed by atoms with van der Waals surface area (Å²) in [7, 11) is -1.46. The summed E-state index contributed by atoms with van der Waals surface area (Å²) in [5.41, 5.74) is 0.388. The molecule has 5 heteroatoms. The van der Waals surface area contributed by atoms with Crippen molar-refractivity contribution in [1.29, 1.82) is 0 Å². The van der Waals surface area contributed by atoms with E-state index in [4.69, 9.17) is 14.8 Å². The Morgan fingerprint density at radius 3 is 2.53 bits per heavy atom. The third kappa shape index (κ3) is 4.33. The van der Waals surface area contributed by atoms with Crippen molar-refractivity contribution in [2.75, 3.05) is 26.3 Å². The number of rotatable bonds is 4. The summed E-state index contributed by atoms with van der Waals surface area (Å²) in [6.07, 6.45) is 6.75. The third-order valence-electron chi connectivity index (χ3n) is 2.17. The molecule has 0 radical (unpaired) electrons. The maximum atomic E-state index is 8.90. The second-order valence-electron chi connectivity index (χ2n) is 3.23. The normalized spacial score (nSPS) is 18.3. The van der Waals surface area contributed by atoms with Crippen LogP contribution in [0.15, 0.2) is 36.5 Å². The molecule has 0 amide bonds. The second-order valence-corrected chi connectivity index (χ2v) is 3.23. The van der Waals surface area contributed by atoms with Crippen molar-refractivity contribution in [3.05, 3.63) is 36.5 Å². The molecular formula is C10H16BNO3. The van der Waals surface area contributed by atoms with Gasteiger partial charge in [-0.1, -0.05) is 18.7 Å². The van der Waals surface area contributed by atoms with E-state index in [1.807, 2.05) is 6.20 Å². The van der Waals surface area contributed by atoms with E-state index < -0.39 is 7.12 Å². The topological polar surface area (TPSA) is 52.9 Å². The molecule has 0 unspecified atom stereocenters. The lowest BCUT2D eigenvalue weighted by molar-refractivity contribution is 0.0594. The lowest BCUT2D eigenvalue weighted by atomic mass is 9.79. The van der Waals surface area contributed by atoms with Gasteiger partial charge in [0.2, 0.25) is 0 Å². The number of ether oxygens (including phenoxy) is 1. The minimum absolute atomic E-state index is 0.388. The van der Waals surface area contributed by atoms with Crippen molar-refractivity contribution in [3.8, 4) is 0 Å². The molecule has 0 aromatic heterocycles. The minimum Gasteiger partial charge on any atom is -0.423 e. The van der Waals surface area contributed by atoms with Gasteiger partial charge in [0.15, 0.2) is 0 Å². The molecule has 1 rings (SSSR count). The van der Waals surface area contributed by atoms with Crippen LogP contribution < -0.4 is 0 Å². The number of hydrogen-bond acceptors (Lipinski definition) is 4. The van der Waals surface area contributed by atoms with E-state index in [9.17, 15) is 0 Å². The van der Waals surface area contributed by atoms with Crippen molar-refractivity contribution in [1.82, 2.24) is 4.90 Å². The van der Waals surface area contributed by atoms with Gasteiger partial charge in [0.05, 0.1) is 13.2 Å². The van der Waals surface area contributed by atoms with Gasteiger partial charge in [0, 0.05) is 13.1 Å². The van der Waals surface area contributed by atoms with Gasteiger partial charge in [-0.15, -0.1) is 0 Å². The average Bonchev–Trinajstić information content (AvgIpc) is 2.25. The summed E-state index contributed by atoms with van der Waals surface area (Å²) in [6, 6.07) is 0. The molecule has 2 N–H and O–H groups in total. The van der Waals surface area contributed by atoms with Crippen molar-refractivity contribution in [2.24, 2.45) is 0 Å². The number of allylic oxidation sites excluding steroid dienone is 4. The monoisotopic (exact) mass is 209 g/mol. The molecule has 1 aliphatic heterocycles. The van der Waals surface area contributed by atoms with E-state index in [-0.39, 0.29) is 0 Å². The Balaban J connectivity index is 2.45. The Bertz CT molecular complexity index is 257. The predicted octanol–water partition coefficient (Wildman–Crippen LogP) is -0.0433. The molecule has 0 aromatic carbocycles. The fourth-order valence-corrected chi connectivity index (χ4v) is 1.26. The molecule has 0 aromatic rings. The first-order chi connectivity index (χ1) is 7.24. The van der Waals surface area contributed by atoms with E-state index in [1.54, 1.807) is 12.2 Å². The fraction of sp³-hybridized carbons (Fsp3) is 0.400. The summed E-state index contributed by atoms with van der Waals surface area (Å²) in [4.78, 5) is 2.12. The first-order valence-corrected chi connectivity index (χ1v) is 4.93. The molecule has 0 aliphatic carbocycles. The molecule has 0 bridgehead atoms. The highest BCUT2D eigenvalue weighted by molar-refractivity contribution is 6.51. The van der Waals surface area contributed by atoms with E-state index in [2.05, 4.69) is 11.5 Å². The molecule has 0 atom stereocenters. The summed E-state index contributed by atoms with van der Waals surface area (Å²) < 4.78 is 5.20. The van der Waals surface area contributed by atoms with E-state index >= 15 is 0 Å². The van der Waals surface area contributed by atoms with Crippen LogP contribution in [-0.2, 0) is 4.74 Å². The molecule has 1 saturated heterocycles. The Hall–Kier alpha value is -1.04. The van der Waals surface area contributed by atoms with Gasteiger partial charge >= 0.3 is 7.12 Å². The van der Waals surface area contributed by atoms with Crippen molar-refractivity contribution in [3.63, 3.8) is 0 Å². The van der Waals surface area contributed by atoms with Crippen LogP contribution in [0.1, 0.15) is 0 Å². The molecule has 15 heavy (non-hydrogen) atoms. The largest absolute Gasteiger partial charge is 0.488 e. The standard InChI is InChI=1S/C10H16BNO3/c1-2-10(11(13)14)4-3-5-12-6-8-15-9-7-12/h2-5,13-14H,1,6-9H2/b5-3+,10-4+. The summed E-state index contributed by atoms with van der Waals surface area (Å²) in [5.74, 6) is 0. The van der Waals surface area contributed by atoms with Crippen LogP contribution >= 0.6 is 0 Å². The maximum Gasteiger partial charge on any atom is 0.488 e. The van der Waals surface area contributed by atoms with E-state index in [0.717, 1.165) is 26.3 Å². The molecule has 82 valence electrons. The molecular weight excluding hydrogens is 193 g/mol. The van der Waals surface area contributed by atoms with E-state index in [1.165, 1.54) is 6.08 Å². The average molecular weight is 209 g/mol. The highest BCUT2D eigenvalue weighted by Gasteiger charge is 2.09. The first-order valence-electron chi connectivity index (χ1n) is 4.93. The van der Waals surface area contributed by atoms with Gasteiger partial charge in [-0.3, -0.25) is 0 Å². The van der Waals surface area contributed by atoms with Gasteiger partial charge in [-0.25, -0.2) is 0 Å². The third-order valence-corrected chi connectivity index (χ3v) is 2.17. The van der Waals surface area contributed by atoms with Gasteiger partial charge in [0.1, 0.15) is 0 Å². The molecule has 4 nitrogen and oxygen atoms in total. The van der Waals surface area contributed by atoms with Crippen LogP contribution in [-0.4, -0.2) is 48.4 Å². The quantitative estimate of drug-likeness (QED) is 0.503. The predicted molar refractivity (Wildman–Crippen MR) is 60.0 cm³/mol. The molecule has 1 aliphatic rings. The van der Waals surface area contributed by atoms with Gasteiger partial charge in [-0.2, -0.15) is 0 Å². The van der Waals surface area contributed by atoms with Gasteiger partial charge in [-0.05, 0) is 17.7 Å². The summed E-state index contributed by atoms with van der Waals surface area (Å²) in [5, 5.41) is 17.8. The van der Waals surface area contributed by atoms with Crippen molar-refractivity contribution in [2.45, 2.75) is 0 Å². The second kappa shape index (κ2) is 6.45. The number of morpholine rings is 1. The van der Waals surface area contributed by atoms with Crippen LogP contribution in [0, 0.1) is 0 Å².